The number of aldehydes is 1. The zero-order valence-corrected chi connectivity index (χ0v) is 7.06. The van der Waals surface area contributed by atoms with Gasteiger partial charge < -0.3 is 5.32 Å². The van der Waals surface area contributed by atoms with Crippen LogP contribution in [-0.4, -0.2) is 27.9 Å². The SMILES string of the molecule is CNc1cn2nc(C=O)ccc2n1. The van der Waals surface area contributed by atoms with Crippen molar-refractivity contribution in [2.45, 2.75) is 0 Å². The summed E-state index contributed by atoms with van der Waals surface area (Å²) < 4.78 is 1.57. The van der Waals surface area contributed by atoms with E-state index in [0.717, 1.165) is 11.5 Å². The van der Waals surface area contributed by atoms with Gasteiger partial charge in [0.2, 0.25) is 0 Å². The molecule has 1 N–H and O–H groups in total. The van der Waals surface area contributed by atoms with Gasteiger partial charge in [0.05, 0.1) is 6.20 Å². The fraction of sp³-hybridized carbons (Fsp3) is 0.125. The van der Waals surface area contributed by atoms with Crippen LogP contribution >= 0.6 is 0 Å². The minimum atomic E-state index is 0.396. The minimum absolute atomic E-state index is 0.396. The number of carbonyl (C=O) groups excluding carboxylic acids is 1. The van der Waals surface area contributed by atoms with Crippen molar-refractivity contribution < 1.29 is 4.79 Å². The Kier molecular flexibility index (Phi) is 1.70. The van der Waals surface area contributed by atoms with E-state index in [-0.39, 0.29) is 0 Å². The first-order chi connectivity index (χ1) is 6.33. The minimum Gasteiger partial charge on any atom is -0.372 e. The highest BCUT2D eigenvalue weighted by Crippen LogP contribution is 2.06. The molecule has 0 aliphatic rings. The number of imidazole rings is 1. The van der Waals surface area contributed by atoms with Crippen molar-refractivity contribution in [3.8, 4) is 0 Å². The van der Waals surface area contributed by atoms with Crippen molar-refractivity contribution >= 4 is 17.8 Å². The number of carbonyl (C=O) groups is 1. The number of hydrogen-bond acceptors (Lipinski definition) is 4. The standard InChI is InChI=1S/C8H8N4O/c1-9-7-4-12-8(10-7)3-2-6(5-13)11-12/h2-5,9H,1H3. The largest absolute Gasteiger partial charge is 0.372 e. The molecule has 2 heterocycles. The van der Waals surface area contributed by atoms with Crippen molar-refractivity contribution in [2.75, 3.05) is 12.4 Å². The Bertz CT molecular complexity index is 448. The monoisotopic (exact) mass is 176 g/mol. The molecule has 0 spiro atoms. The molecule has 0 radical (unpaired) electrons. The van der Waals surface area contributed by atoms with Gasteiger partial charge in [0.25, 0.3) is 0 Å². The number of nitrogens with one attached hydrogen (secondary N) is 1. The molecule has 5 heteroatoms. The summed E-state index contributed by atoms with van der Waals surface area (Å²) in [5.74, 6) is 0.732. The lowest BCUT2D eigenvalue weighted by Gasteiger charge is -1.90. The highest BCUT2D eigenvalue weighted by atomic mass is 16.1. The van der Waals surface area contributed by atoms with Crippen molar-refractivity contribution in [3.05, 3.63) is 24.0 Å². The van der Waals surface area contributed by atoms with Gasteiger partial charge in [-0.3, -0.25) is 4.79 Å². The van der Waals surface area contributed by atoms with Crippen LogP contribution in [-0.2, 0) is 0 Å². The molecule has 0 aliphatic carbocycles. The highest BCUT2D eigenvalue weighted by molar-refractivity contribution is 5.72. The van der Waals surface area contributed by atoms with Gasteiger partial charge in [-0.05, 0) is 12.1 Å². The van der Waals surface area contributed by atoms with E-state index < -0.39 is 0 Å². The summed E-state index contributed by atoms with van der Waals surface area (Å²) in [4.78, 5) is 14.6. The summed E-state index contributed by atoms with van der Waals surface area (Å²) in [5, 5.41) is 6.90. The van der Waals surface area contributed by atoms with Gasteiger partial charge >= 0.3 is 0 Å². The molecule has 0 saturated carbocycles. The van der Waals surface area contributed by atoms with E-state index in [9.17, 15) is 4.79 Å². The van der Waals surface area contributed by atoms with Crippen molar-refractivity contribution in [1.29, 1.82) is 0 Å². The molecule has 2 aromatic rings. The Morgan fingerprint density at radius 1 is 1.54 bits per heavy atom. The van der Waals surface area contributed by atoms with Gasteiger partial charge in [-0.25, -0.2) is 9.50 Å². The number of rotatable bonds is 2. The van der Waals surface area contributed by atoms with E-state index >= 15 is 0 Å². The van der Waals surface area contributed by atoms with Gasteiger partial charge in [0.15, 0.2) is 11.9 Å². The molecule has 0 amide bonds. The third-order valence-electron chi connectivity index (χ3n) is 1.72. The zero-order chi connectivity index (χ0) is 9.26. The lowest BCUT2D eigenvalue weighted by Crippen LogP contribution is -1.94. The molecule has 2 aromatic heterocycles. The molecule has 0 bridgehead atoms. The summed E-state index contributed by atoms with van der Waals surface area (Å²) in [7, 11) is 1.78. The number of hydrogen-bond donors (Lipinski definition) is 1. The normalized spacial score (nSPS) is 10.2. The average Bonchev–Trinajstić information content (AvgIpc) is 2.58. The van der Waals surface area contributed by atoms with Gasteiger partial charge in [0, 0.05) is 7.05 Å². The lowest BCUT2D eigenvalue weighted by atomic mass is 10.4. The summed E-state index contributed by atoms with van der Waals surface area (Å²) in [6.45, 7) is 0. The number of anilines is 1. The molecule has 2 rings (SSSR count). The Morgan fingerprint density at radius 3 is 3.08 bits per heavy atom. The van der Waals surface area contributed by atoms with Crippen LogP contribution in [0.1, 0.15) is 10.5 Å². The fourth-order valence-electron chi connectivity index (χ4n) is 1.08. The Morgan fingerprint density at radius 2 is 2.38 bits per heavy atom. The van der Waals surface area contributed by atoms with E-state index in [1.54, 1.807) is 29.9 Å². The Balaban J connectivity index is 2.63. The average molecular weight is 176 g/mol. The molecule has 0 unspecified atom stereocenters. The van der Waals surface area contributed by atoms with Gasteiger partial charge in [-0.1, -0.05) is 0 Å². The summed E-state index contributed by atoms with van der Waals surface area (Å²) in [5.41, 5.74) is 1.11. The first-order valence-corrected chi connectivity index (χ1v) is 3.83. The quantitative estimate of drug-likeness (QED) is 0.680. The highest BCUT2D eigenvalue weighted by Gasteiger charge is 2.00. The third kappa shape index (κ3) is 1.24. The maximum absolute atomic E-state index is 10.4. The van der Waals surface area contributed by atoms with Crippen molar-refractivity contribution in [1.82, 2.24) is 14.6 Å². The molecule has 0 fully saturated rings. The van der Waals surface area contributed by atoms with Crippen LogP contribution in [0.25, 0.3) is 5.65 Å². The van der Waals surface area contributed by atoms with E-state index in [0.29, 0.717) is 12.0 Å². The molecule has 0 atom stereocenters. The summed E-state index contributed by atoms with van der Waals surface area (Å²) in [6, 6.07) is 3.38. The van der Waals surface area contributed by atoms with E-state index in [4.69, 9.17) is 0 Å². The number of fused-ring (bicyclic) bond motifs is 1. The zero-order valence-electron chi connectivity index (χ0n) is 7.06. The van der Waals surface area contributed by atoms with E-state index in [1.807, 2.05) is 0 Å². The van der Waals surface area contributed by atoms with Crippen LogP contribution in [0, 0.1) is 0 Å². The molecule has 0 saturated heterocycles. The predicted octanol–water partition coefficient (Wildman–Crippen LogP) is 0.583. The first-order valence-electron chi connectivity index (χ1n) is 3.83. The maximum atomic E-state index is 10.4. The van der Waals surface area contributed by atoms with E-state index in [2.05, 4.69) is 15.4 Å². The van der Waals surface area contributed by atoms with Crippen LogP contribution in [0.5, 0.6) is 0 Å². The van der Waals surface area contributed by atoms with Crippen molar-refractivity contribution in [3.63, 3.8) is 0 Å². The van der Waals surface area contributed by atoms with Crippen LogP contribution in [0.3, 0.4) is 0 Å². The van der Waals surface area contributed by atoms with Crippen LogP contribution in [0.4, 0.5) is 5.82 Å². The number of aromatic nitrogens is 3. The lowest BCUT2D eigenvalue weighted by molar-refractivity contribution is 0.111. The van der Waals surface area contributed by atoms with Crippen LogP contribution in [0.15, 0.2) is 18.3 Å². The van der Waals surface area contributed by atoms with Gasteiger partial charge in [-0.2, -0.15) is 5.10 Å². The molecule has 0 aromatic carbocycles. The first kappa shape index (κ1) is 7.72. The smallest absolute Gasteiger partial charge is 0.170 e. The van der Waals surface area contributed by atoms with E-state index in [1.165, 1.54) is 0 Å². The van der Waals surface area contributed by atoms with Gasteiger partial charge in [0.1, 0.15) is 11.5 Å². The van der Waals surface area contributed by atoms with Crippen LogP contribution < -0.4 is 5.32 Å². The molecule has 66 valence electrons. The second kappa shape index (κ2) is 2.85. The molecule has 0 aliphatic heterocycles. The maximum Gasteiger partial charge on any atom is 0.170 e. The summed E-state index contributed by atoms with van der Waals surface area (Å²) >= 11 is 0. The fourth-order valence-corrected chi connectivity index (χ4v) is 1.08. The second-order valence-corrected chi connectivity index (χ2v) is 2.55. The van der Waals surface area contributed by atoms with Crippen molar-refractivity contribution in [2.24, 2.45) is 0 Å². The van der Waals surface area contributed by atoms with Crippen LogP contribution in [0.2, 0.25) is 0 Å². The Hall–Kier alpha value is -1.91. The molecular weight excluding hydrogens is 168 g/mol. The molecule has 5 nitrogen and oxygen atoms in total. The Labute approximate surface area is 74.4 Å². The summed E-state index contributed by atoms with van der Waals surface area (Å²) in [6.07, 6.45) is 2.43. The van der Waals surface area contributed by atoms with Gasteiger partial charge in [-0.15, -0.1) is 0 Å². The topological polar surface area (TPSA) is 59.3 Å². The number of nitrogens with zero attached hydrogens (tertiary/aromatic N) is 3. The second-order valence-electron chi connectivity index (χ2n) is 2.55. The molecular formula is C8H8N4O. The third-order valence-corrected chi connectivity index (χ3v) is 1.72. The molecule has 13 heavy (non-hydrogen) atoms. The predicted molar refractivity (Wildman–Crippen MR) is 47.9 cm³/mol.